The van der Waals surface area contributed by atoms with Gasteiger partial charge in [0.25, 0.3) is 0 Å². The van der Waals surface area contributed by atoms with Crippen LogP contribution in [0, 0.1) is 19.8 Å². The number of aryl methyl sites for hydroxylation is 2. The lowest BCUT2D eigenvalue weighted by Crippen LogP contribution is -2.25. The Hall–Kier alpha value is -1.36. The molecule has 1 fully saturated rings. The monoisotopic (exact) mass is 310 g/mol. The topological polar surface area (TPSA) is 58.2 Å². The zero-order chi connectivity index (χ0) is 13.3. The van der Waals surface area contributed by atoms with Crippen LogP contribution in [0.4, 0.5) is 5.69 Å². The summed E-state index contributed by atoms with van der Waals surface area (Å²) in [7, 11) is 0. The van der Waals surface area contributed by atoms with Crippen molar-refractivity contribution in [2.45, 2.75) is 20.3 Å². The Bertz CT molecular complexity index is 491. The number of amides is 2. The fourth-order valence-corrected chi connectivity index (χ4v) is 2.86. The van der Waals surface area contributed by atoms with Crippen LogP contribution in [-0.2, 0) is 9.59 Å². The van der Waals surface area contributed by atoms with Gasteiger partial charge >= 0.3 is 0 Å². The fourth-order valence-electron chi connectivity index (χ4n) is 2.09. The zero-order valence-electron chi connectivity index (χ0n) is 10.3. The highest BCUT2D eigenvalue weighted by Crippen LogP contribution is 2.28. The molecule has 1 aromatic carbocycles. The lowest BCUT2D eigenvalue weighted by atomic mass is 10.1. The minimum Gasteiger partial charge on any atom is -0.355 e. The summed E-state index contributed by atoms with van der Waals surface area (Å²) < 4.78 is 0.866. The summed E-state index contributed by atoms with van der Waals surface area (Å²) in [6, 6.07) is 3.97. The van der Waals surface area contributed by atoms with E-state index in [0.717, 1.165) is 21.3 Å². The van der Waals surface area contributed by atoms with Crippen LogP contribution >= 0.6 is 15.9 Å². The molecule has 1 atom stereocenters. The lowest BCUT2D eigenvalue weighted by Gasteiger charge is -2.14. The molecule has 0 saturated carbocycles. The normalized spacial score (nSPS) is 18.6. The van der Waals surface area contributed by atoms with E-state index in [2.05, 4.69) is 26.6 Å². The van der Waals surface area contributed by atoms with Crippen molar-refractivity contribution in [2.75, 3.05) is 11.9 Å². The third-order valence-corrected chi connectivity index (χ3v) is 3.65. The molecular formula is C13H15BrN2O2. The van der Waals surface area contributed by atoms with Crippen molar-refractivity contribution in [2.24, 2.45) is 5.92 Å². The predicted octanol–water partition coefficient (Wildman–Crippen LogP) is 2.14. The number of hydrogen-bond donors (Lipinski definition) is 2. The van der Waals surface area contributed by atoms with Gasteiger partial charge in [-0.3, -0.25) is 9.59 Å². The van der Waals surface area contributed by atoms with Crippen LogP contribution in [0.3, 0.4) is 0 Å². The van der Waals surface area contributed by atoms with Crippen molar-refractivity contribution in [1.82, 2.24) is 5.32 Å². The number of rotatable bonds is 2. The Morgan fingerprint density at radius 1 is 1.44 bits per heavy atom. The Morgan fingerprint density at radius 3 is 2.72 bits per heavy atom. The van der Waals surface area contributed by atoms with Crippen LogP contribution in [0.5, 0.6) is 0 Å². The van der Waals surface area contributed by atoms with Crippen molar-refractivity contribution < 1.29 is 9.59 Å². The van der Waals surface area contributed by atoms with E-state index in [4.69, 9.17) is 0 Å². The van der Waals surface area contributed by atoms with Crippen molar-refractivity contribution in [3.8, 4) is 0 Å². The molecule has 1 aliphatic heterocycles. The van der Waals surface area contributed by atoms with Gasteiger partial charge in [0.1, 0.15) is 0 Å². The summed E-state index contributed by atoms with van der Waals surface area (Å²) in [6.45, 7) is 4.38. The largest absolute Gasteiger partial charge is 0.355 e. The van der Waals surface area contributed by atoms with Gasteiger partial charge in [-0.25, -0.2) is 0 Å². The van der Waals surface area contributed by atoms with Gasteiger partial charge < -0.3 is 10.6 Å². The van der Waals surface area contributed by atoms with E-state index in [1.807, 2.05) is 26.0 Å². The molecule has 4 nitrogen and oxygen atoms in total. The summed E-state index contributed by atoms with van der Waals surface area (Å²) in [6.07, 6.45) is 0.272. The van der Waals surface area contributed by atoms with Gasteiger partial charge in [-0.15, -0.1) is 0 Å². The Balaban J connectivity index is 2.14. The van der Waals surface area contributed by atoms with Gasteiger partial charge in [0, 0.05) is 17.4 Å². The Morgan fingerprint density at radius 2 is 2.17 bits per heavy atom. The standard InChI is InChI=1S/C13H15BrN2O2/c1-7-3-8(2)12(10(14)4-7)16-13(18)9-5-11(17)15-6-9/h3-4,9H,5-6H2,1-2H3,(H,15,17)(H,16,18). The van der Waals surface area contributed by atoms with Gasteiger partial charge in [0.2, 0.25) is 11.8 Å². The van der Waals surface area contributed by atoms with E-state index in [-0.39, 0.29) is 24.2 Å². The van der Waals surface area contributed by atoms with Crippen molar-refractivity contribution >= 4 is 33.4 Å². The first-order valence-electron chi connectivity index (χ1n) is 5.81. The molecule has 0 radical (unpaired) electrons. The molecule has 18 heavy (non-hydrogen) atoms. The maximum absolute atomic E-state index is 12.0. The predicted molar refractivity (Wildman–Crippen MR) is 73.4 cm³/mol. The highest BCUT2D eigenvalue weighted by Gasteiger charge is 2.28. The molecule has 1 aromatic rings. The summed E-state index contributed by atoms with van der Waals surface area (Å²) in [5.41, 5.74) is 2.92. The average Bonchev–Trinajstić information content (AvgIpc) is 2.70. The number of nitrogens with one attached hydrogen (secondary N) is 2. The lowest BCUT2D eigenvalue weighted by molar-refractivity contribution is -0.123. The number of anilines is 1. The van der Waals surface area contributed by atoms with Crippen molar-refractivity contribution in [3.05, 3.63) is 27.7 Å². The van der Waals surface area contributed by atoms with Gasteiger partial charge in [-0.2, -0.15) is 0 Å². The maximum Gasteiger partial charge on any atom is 0.229 e. The van der Waals surface area contributed by atoms with E-state index in [9.17, 15) is 9.59 Å². The van der Waals surface area contributed by atoms with Crippen molar-refractivity contribution in [3.63, 3.8) is 0 Å². The fraction of sp³-hybridized carbons (Fsp3) is 0.385. The smallest absolute Gasteiger partial charge is 0.229 e. The van der Waals surface area contributed by atoms with E-state index in [0.29, 0.717) is 6.54 Å². The van der Waals surface area contributed by atoms with E-state index >= 15 is 0 Å². The molecule has 1 saturated heterocycles. The average molecular weight is 311 g/mol. The second-order valence-corrected chi connectivity index (χ2v) is 5.49. The number of benzene rings is 1. The molecular weight excluding hydrogens is 296 g/mol. The molecule has 2 N–H and O–H groups in total. The van der Waals surface area contributed by atoms with Gasteiger partial charge in [0.05, 0.1) is 11.6 Å². The molecule has 2 rings (SSSR count). The molecule has 0 bridgehead atoms. The van der Waals surface area contributed by atoms with E-state index in [1.165, 1.54) is 0 Å². The summed E-state index contributed by atoms with van der Waals surface area (Å²) in [4.78, 5) is 23.1. The molecule has 0 aliphatic carbocycles. The van der Waals surface area contributed by atoms with Crippen LogP contribution < -0.4 is 10.6 Å². The molecule has 0 spiro atoms. The van der Waals surface area contributed by atoms with Crippen LogP contribution in [0.1, 0.15) is 17.5 Å². The number of halogens is 1. The Labute approximate surface area is 114 Å². The SMILES string of the molecule is Cc1cc(C)c(NC(=O)C2CNC(=O)C2)c(Br)c1. The molecule has 1 unspecified atom stereocenters. The quantitative estimate of drug-likeness (QED) is 0.879. The second kappa shape index (κ2) is 5.10. The zero-order valence-corrected chi connectivity index (χ0v) is 11.9. The van der Waals surface area contributed by atoms with Crippen LogP contribution in [-0.4, -0.2) is 18.4 Å². The summed E-state index contributed by atoms with van der Waals surface area (Å²) in [5.74, 6) is -0.444. The molecule has 1 heterocycles. The third kappa shape index (κ3) is 2.72. The van der Waals surface area contributed by atoms with Crippen molar-refractivity contribution in [1.29, 1.82) is 0 Å². The first-order chi connectivity index (χ1) is 8.47. The van der Waals surface area contributed by atoms with E-state index < -0.39 is 0 Å². The molecule has 0 aromatic heterocycles. The minimum atomic E-state index is -0.273. The second-order valence-electron chi connectivity index (χ2n) is 4.63. The highest BCUT2D eigenvalue weighted by atomic mass is 79.9. The van der Waals surface area contributed by atoms with Crippen LogP contribution in [0.2, 0.25) is 0 Å². The van der Waals surface area contributed by atoms with Crippen LogP contribution in [0.25, 0.3) is 0 Å². The highest BCUT2D eigenvalue weighted by molar-refractivity contribution is 9.10. The third-order valence-electron chi connectivity index (χ3n) is 3.03. The van der Waals surface area contributed by atoms with Gasteiger partial charge in [0.15, 0.2) is 0 Å². The Kier molecular flexibility index (Phi) is 3.71. The molecule has 2 amide bonds. The first-order valence-corrected chi connectivity index (χ1v) is 6.61. The molecule has 5 heteroatoms. The van der Waals surface area contributed by atoms with Crippen LogP contribution in [0.15, 0.2) is 16.6 Å². The van der Waals surface area contributed by atoms with E-state index in [1.54, 1.807) is 0 Å². The minimum absolute atomic E-state index is 0.0603. The number of carbonyl (C=O) groups excluding carboxylic acids is 2. The summed E-state index contributed by atoms with van der Waals surface area (Å²) >= 11 is 3.45. The maximum atomic E-state index is 12.0. The van der Waals surface area contributed by atoms with Gasteiger partial charge in [-0.1, -0.05) is 6.07 Å². The number of carbonyl (C=O) groups is 2. The molecule has 1 aliphatic rings. The molecule has 96 valence electrons. The first kappa shape index (κ1) is 13.1. The number of hydrogen-bond acceptors (Lipinski definition) is 2. The van der Waals surface area contributed by atoms with Gasteiger partial charge in [-0.05, 0) is 47.0 Å². The summed E-state index contributed by atoms with van der Waals surface area (Å²) in [5, 5.41) is 5.55.